The first-order chi connectivity index (χ1) is 6.33. The van der Waals surface area contributed by atoms with E-state index >= 15 is 0 Å². The molecule has 0 amide bonds. The van der Waals surface area contributed by atoms with Gasteiger partial charge in [0, 0.05) is 21.3 Å². The maximum atomic E-state index is 5.43. The molecule has 0 bridgehead atoms. The van der Waals surface area contributed by atoms with Crippen LogP contribution in [0.15, 0.2) is 0 Å². The van der Waals surface area contributed by atoms with E-state index in [4.69, 9.17) is 14.2 Å². The van der Waals surface area contributed by atoms with Crippen molar-refractivity contribution in [3.05, 3.63) is 0 Å². The molecule has 2 unspecified atom stereocenters. The molecule has 0 spiro atoms. The number of ether oxygens (including phenoxy) is 3. The molecule has 0 aliphatic heterocycles. The topological polar surface area (TPSA) is 27.7 Å². The minimum atomic E-state index is 0.0949. The first kappa shape index (κ1) is 11.0. The van der Waals surface area contributed by atoms with Gasteiger partial charge >= 0.3 is 0 Å². The lowest BCUT2D eigenvalue weighted by molar-refractivity contribution is -0.104. The summed E-state index contributed by atoms with van der Waals surface area (Å²) in [6.45, 7) is 0. The van der Waals surface area contributed by atoms with Crippen molar-refractivity contribution >= 4 is 0 Å². The molecular formula is C10H20O3. The molecule has 3 heteroatoms. The molecule has 1 rings (SSSR count). The van der Waals surface area contributed by atoms with Gasteiger partial charge in [-0.2, -0.15) is 0 Å². The standard InChI is InChI=1S/C10H20O3/c1-11-8-6-4-5-7-9(12-2)10(8)13-3/h8-10H,4-7H2,1-3H3. The van der Waals surface area contributed by atoms with Crippen molar-refractivity contribution in [1.29, 1.82) is 0 Å². The van der Waals surface area contributed by atoms with Crippen LogP contribution in [0.5, 0.6) is 0 Å². The Morgan fingerprint density at radius 1 is 0.769 bits per heavy atom. The lowest BCUT2D eigenvalue weighted by Crippen LogP contribution is -2.39. The van der Waals surface area contributed by atoms with Crippen LogP contribution in [0.1, 0.15) is 25.7 Å². The van der Waals surface area contributed by atoms with E-state index in [0.717, 1.165) is 12.8 Å². The maximum absolute atomic E-state index is 5.43. The molecule has 0 aromatic heterocycles. The molecule has 1 saturated carbocycles. The van der Waals surface area contributed by atoms with E-state index in [1.165, 1.54) is 12.8 Å². The zero-order valence-corrected chi connectivity index (χ0v) is 8.79. The average Bonchev–Trinajstić information content (AvgIpc) is 2.37. The van der Waals surface area contributed by atoms with Crippen molar-refractivity contribution in [2.45, 2.75) is 44.0 Å². The van der Waals surface area contributed by atoms with E-state index in [9.17, 15) is 0 Å². The second-order valence-electron chi connectivity index (χ2n) is 3.53. The van der Waals surface area contributed by atoms with Crippen LogP contribution in [0, 0.1) is 0 Å². The third-order valence-corrected chi connectivity index (χ3v) is 2.84. The van der Waals surface area contributed by atoms with Crippen molar-refractivity contribution in [3.8, 4) is 0 Å². The fourth-order valence-electron chi connectivity index (χ4n) is 2.07. The highest BCUT2D eigenvalue weighted by Crippen LogP contribution is 2.24. The van der Waals surface area contributed by atoms with Crippen LogP contribution >= 0.6 is 0 Å². The molecule has 1 aliphatic carbocycles. The lowest BCUT2D eigenvalue weighted by Gasteiger charge is -2.28. The lowest BCUT2D eigenvalue weighted by atomic mass is 10.1. The largest absolute Gasteiger partial charge is 0.379 e. The van der Waals surface area contributed by atoms with Crippen LogP contribution in [-0.2, 0) is 14.2 Å². The van der Waals surface area contributed by atoms with Crippen LogP contribution in [0.4, 0.5) is 0 Å². The van der Waals surface area contributed by atoms with Gasteiger partial charge in [0.2, 0.25) is 0 Å². The Morgan fingerprint density at radius 3 is 1.54 bits per heavy atom. The first-order valence-corrected chi connectivity index (χ1v) is 4.92. The van der Waals surface area contributed by atoms with Crippen molar-refractivity contribution in [2.75, 3.05) is 21.3 Å². The van der Waals surface area contributed by atoms with E-state index in [0.29, 0.717) is 0 Å². The Bertz CT molecular complexity index is 124. The van der Waals surface area contributed by atoms with Gasteiger partial charge in [-0.05, 0) is 12.8 Å². The molecule has 0 N–H and O–H groups in total. The van der Waals surface area contributed by atoms with Gasteiger partial charge in [-0.3, -0.25) is 0 Å². The van der Waals surface area contributed by atoms with E-state index in [-0.39, 0.29) is 18.3 Å². The van der Waals surface area contributed by atoms with Gasteiger partial charge in [-0.15, -0.1) is 0 Å². The third-order valence-electron chi connectivity index (χ3n) is 2.84. The maximum Gasteiger partial charge on any atom is 0.109 e. The Kier molecular flexibility index (Phi) is 4.70. The van der Waals surface area contributed by atoms with Crippen LogP contribution in [-0.4, -0.2) is 39.6 Å². The van der Waals surface area contributed by atoms with Crippen LogP contribution < -0.4 is 0 Å². The summed E-state index contributed by atoms with van der Waals surface area (Å²) in [5.74, 6) is 0. The summed E-state index contributed by atoms with van der Waals surface area (Å²) in [7, 11) is 5.22. The summed E-state index contributed by atoms with van der Waals surface area (Å²) >= 11 is 0. The second-order valence-corrected chi connectivity index (χ2v) is 3.53. The molecule has 0 aromatic rings. The minimum absolute atomic E-state index is 0.0949. The van der Waals surface area contributed by atoms with Crippen LogP contribution in [0.3, 0.4) is 0 Å². The fraction of sp³-hybridized carbons (Fsp3) is 1.00. The van der Waals surface area contributed by atoms with E-state index in [1.54, 1.807) is 21.3 Å². The Labute approximate surface area is 80.4 Å². The van der Waals surface area contributed by atoms with Gasteiger partial charge < -0.3 is 14.2 Å². The summed E-state index contributed by atoms with van der Waals surface area (Å²) in [4.78, 5) is 0. The van der Waals surface area contributed by atoms with Crippen LogP contribution in [0.2, 0.25) is 0 Å². The summed E-state index contributed by atoms with van der Waals surface area (Å²) in [6.07, 6.45) is 5.05. The number of rotatable bonds is 3. The zero-order valence-electron chi connectivity index (χ0n) is 8.79. The number of hydrogen-bond acceptors (Lipinski definition) is 3. The van der Waals surface area contributed by atoms with Gasteiger partial charge in [0.25, 0.3) is 0 Å². The molecule has 0 saturated heterocycles. The highest BCUT2D eigenvalue weighted by Gasteiger charge is 2.31. The van der Waals surface area contributed by atoms with E-state index in [2.05, 4.69) is 0 Å². The molecule has 3 nitrogen and oxygen atoms in total. The third kappa shape index (κ3) is 2.66. The van der Waals surface area contributed by atoms with Gasteiger partial charge in [0.15, 0.2) is 0 Å². The van der Waals surface area contributed by atoms with Crippen molar-refractivity contribution in [2.24, 2.45) is 0 Å². The smallest absolute Gasteiger partial charge is 0.109 e. The molecule has 1 aliphatic rings. The molecule has 13 heavy (non-hydrogen) atoms. The number of hydrogen-bond donors (Lipinski definition) is 0. The summed E-state index contributed by atoms with van der Waals surface area (Å²) < 4.78 is 16.2. The Balaban J connectivity index is 2.61. The van der Waals surface area contributed by atoms with E-state index < -0.39 is 0 Å². The monoisotopic (exact) mass is 188 g/mol. The van der Waals surface area contributed by atoms with Gasteiger partial charge in [-0.25, -0.2) is 0 Å². The summed E-state index contributed by atoms with van der Waals surface area (Å²) in [6, 6.07) is 0. The number of methoxy groups -OCH3 is 3. The minimum Gasteiger partial charge on any atom is -0.379 e. The Morgan fingerprint density at radius 2 is 1.23 bits per heavy atom. The fourth-order valence-corrected chi connectivity index (χ4v) is 2.07. The molecule has 0 heterocycles. The molecule has 1 fully saturated rings. The zero-order chi connectivity index (χ0) is 9.68. The van der Waals surface area contributed by atoms with E-state index in [1.807, 2.05) is 0 Å². The molecule has 0 aromatic carbocycles. The van der Waals surface area contributed by atoms with Crippen LogP contribution in [0.25, 0.3) is 0 Å². The molecule has 78 valence electrons. The van der Waals surface area contributed by atoms with Crippen molar-refractivity contribution in [1.82, 2.24) is 0 Å². The molecular weight excluding hydrogens is 168 g/mol. The first-order valence-electron chi connectivity index (χ1n) is 4.92. The van der Waals surface area contributed by atoms with Gasteiger partial charge in [0.05, 0.1) is 12.2 Å². The highest BCUT2D eigenvalue weighted by molar-refractivity contribution is 4.82. The quantitative estimate of drug-likeness (QED) is 0.630. The SMILES string of the molecule is COC1CCCCC(OC)C1OC. The predicted octanol–water partition coefficient (Wildman–Crippen LogP) is 1.61. The normalized spacial score (nSPS) is 35.8. The summed E-state index contributed by atoms with van der Waals surface area (Å²) in [5, 5.41) is 0. The highest BCUT2D eigenvalue weighted by atomic mass is 16.6. The second kappa shape index (κ2) is 5.58. The Hall–Kier alpha value is -0.120. The van der Waals surface area contributed by atoms with Gasteiger partial charge in [0.1, 0.15) is 6.10 Å². The van der Waals surface area contributed by atoms with Crippen molar-refractivity contribution in [3.63, 3.8) is 0 Å². The van der Waals surface area contributed by atoms with Gasteiger partial charge in [-0.1, -0.05) is 12.8 Å². The molecule has 2 atom stereocenters. The average molecular weight is 188 g/mol. The van der Waals surface area contributed by atoms with Crippen molar-refractivity contribution < 1.29 is 14.2 Å². The summed E-state index contributed by atoms with van der Waals surface area (Å²) in [5.41, 5.74) is 0. The predicted molar refractivity (Wildman–Crippen MR) is 50.9 cm³/mol. The molecule has 0 radical (unpaired) electrons.